The third-order valence-corrected chi connectivity index (χ3v) is 3.52. The van der Waals surface area contributed by atoms with Gasteiger partial charge in [0.05, 0.1) is 11.6 Å². The van der Waals surface area contributed by atoms with E-state index in [9.17, 15) is 5.26 Å². The summed E-state index contributed by atoms with van der Waals surface area (Å²) in [6.07, 6.45) is 0. The van der Waals surface area contributed by atoms with Crippen LogP contribution in [0, 0.1) is 18.3 Å². The van der Waals surface area contributed by atoms with Crippen LogP contribution in [0.5, 0.6) is 5.75 Å². The fraction of sp³-hybridized carbons (Fsp3) is 0.353. The quantitative estimate of drug-likeness (QED) is 0.852. The van der Waals surface area contributed by atoms with Crippen molar-refractivity contribution < 1.29 is 4.74 Å². The Kier molecular flexibility index (Phi) is 4.68. The summed E-state index contributed by atoms with van der Waals surface area (Å²) >= 11 is 5.72. The molecular weight excluding hydrogens is 298 g/mol. The van der Waals surface area contributed by atoms with Gasteiger partial charge < -0.3 is 4.74 Å². The van der Waals surface area contributed by atoms with Crippen LogP contribution in [0.4, 0.5) is 0 Å². The predicted octanol–water partition coefficient (Wildman–Crippen LogP) is 4.19. The van der Waals surface area contributed by atoms with E-state index in [4.69, 9.17) is 16.3 Å². The number of rotatable bonds is 3. The standard InChI is InChI=1S/C17H18ClN3O/c1-11-7-14(17(2,3)4)15(8-12(11)9-19)22-10-13-5-6-16(18)21-20-13/h5-8H,10H2,1-4H3. The molecule has 1 heterocycles. The van der Waals surface area contributed by atoms with Crippen LogP contribution in [0.1, 0.15) is 43.2 Å². The number of nitrogens with zero attached hydrogens (tertiary/aromatic N) is 3. The van der Waals surface area contributed by atoms with Crippen molar-refractivity contribution >= 4 is 11.6 Å². The molecule has 2 aromatic rings. The molecule has 4 nitrogen and oxygen atoms in total. The molecule has 0 aliphatic rings. The topological polar surface area (TPSA) is 58.8 Å². The largest absolute Gasteiger partial charge is 0.487 e. The molecule has 0 saturated heterocycles. The van der Waals surface area contributed by atoms with Gasteiger partial charge in [-0.15, -0.1) is 5.10 Å². The molecule has 0 saturated carbocycles. The van der Waals surface area contributed by atoms with E-state index in [1.165, 1.54) is 0 Å². The lowest BCUT2D eigenvalue weighted by atomic mass is 9.84. The molecule has 114 valence electrons. The van der Waals surface area contributed by atoms with Crippen molar-refractivity contribution in [2.24, 2.45) is 0 Å². The second-order valence-corrected chi connectivity index (χ2v) is 6.55. The van der Waals surface area contributed by atoms with E-state index in [0.717, 1.165) is 11.1 Å². The second kappa shape index (κ2) is 6.33. The molecule has 0 radical (unpaired) electrons. The van der Waals surface area contributed by atoms with Crippen LogP contribution < -0.4 is 4.74 Å². The third kappa shape index (κ3) is 3.75. The van der Waals surface area contributed by atoms with E-state index in [1.54, 1.807) is 18.2 Å². The molecule has 0 aliphatic carbocycles. The van der Waals surface area contributed by atoms with Crippen molar-refractivity contribution in [1.29, 1.82) is 5.26 Å². The summed E-state index contributed by atoms with van der Waals surface area (Å²) in [4.78, 5) is 0. The number of ether oxygens (including phenoxy) is 1. The summed E-state index contributed by atoms with van der Waals surface area (Å²) in [5.74, 6) is 0.700. The molecule has 0 unspecified atom stereocenters. The second-order valence-electron chi connectivity index (χ2n) is 6.16. The highest BCUT2D eigenvalue weighted by molar-refractivity contribution is 6.29. The van der Waals surface area contributed by atoms with Crippen molar-refractivity contribution in [2.75, 3.05) is 0 Å². The Labute approximate surface area is 135 Å². The van der Waals surface area contributed by atoms with Gasteiger partial charge in [-0.05, 0) is 41.7 Å². The monoisotopic (exact) mass is 315 g/mol. The molecular formula is C17H18ClN3O. The maximum Gasteiger partial charge on any atom is 0.151 e. The third-order valence-electron chi connectivity index (χ3n) is 3.32. The van der Waals surface area contributed by atoms with Crippen LogP contribution in [-0.4, -0.2) is 10.2 Å². The van der Waals surface area contributed by atoms with E-state index in [1.807, 2.05) is 13.0 Å². The molecule has 5 heteroatoms. The highest BCUT2D eigenvalue weighted by atomic mass is 35.5. The van der Waals surface area contributed by atoms with Crippen LogP contribution in [-0.2, 0) is 12.0 Å². The Balaban J connectivity index is 2.32. The summed E-state index contributed by atoms with van der Waals surface area (Å²) in [5, 5.41) is 17.3. The fourth-order valence-corrected chi connectivity index (χ4v) is 2.19. The first-order valence-corrected chi connectivity index (χ1v) is 7.35. The van der Waals surface area contributed by atoms with E-state index in [0.29, 0.717) is 22.2 Å². The number of aryl methyl sites for hydroxylation is 1. The van der Waals surface area contributed by atoms with Crippen LogP contribution in [0.25, 0.3) is 0 Å². The number of benzene rings is 1. The van der Waals surface area contributed by atoms with Gasteiger partial charge in [0.15, 0.2) is 5.15 Å². The Bertz CT molecular complexity index is 712. The van der Waals surface area contributed by atoms with Gasteiger partial charge in [0, 0.05) is 0 Å². The Morgan fingerprint density at radius 1 is 1.23 bits per heavy atom. The smallest absolute Gasteiger partial charge is 0.151 e. The van der Waals surface area contributed by atoms with Gasteiger partial charge >= 0.3 is 0 Å². The summed E-state index contributed by atoms with van der Waals surface area (Å²) in [5.41, 5.74) is 3.23. The molecule has 1 aromatic carbocycles. The Morgan fingerprint density at radius 2 is 1.95 bits per heavy atom. The zero-order chi connectivity index (χ0) is 16.3. The predicted molar refractivity (Wildman–Crippen MR) is 86.0 cm³/mol. The summed E-state index contributed by atoms with van der Waals surface area (Å²) < 4.78 is 5.89. The van der Waals surface area contributed by atoms with Gasteiger partial charge in [-0.2, -0.15) is 10.4 Å². The lowest BCUT2D eigenvalue weighted by Gasteiger charge is -2.23. The van der Waals surface area contributed by atoms with Crippen molar-refractivity contribution in [1.82, 2.24) is 10.2 Å². The number of hydrogen-bond donors (Lipinski definition) is 0. The molecule has 2 rings (SSSR count). The molecule has 0 atom stereocenters. The normalized spacial score (nSPS) is 11.1. The van der Waals surface area contributed by atoms with Gasteiger partial charge in [0.25, 0.3) is 0 Å². The first kappa shape index (κ1) is 16.3. The number of halogens is 1. The molecule has 22 heavy (non-hydrogen) atoms. The molecule has 0 N–H and O–H groups in total. The van der Waals surface area contributed by atoms with Crippen LogP contribution in [0.3, 0.4) is 0 Å². The van der Waals surface area contributed by atoms with E-state index in [-0.39, 0.29) is 12.0 Å². The van der Waals surface area contributed by atoms with Gasteiger partial charge in [0.2, 0.25) is 0 Å². The maximum absolute atomic E-state index is 9.21. The van der Waals surface area contributed by atoms with E-state index >= 15 is 0 Å². The molecule has 0 bridgehead atoms. The summed E-state index contributed by atoms with van der Waals surface area (Å²) in [6, 6.07) is 9.44. The molecule has 1 aromatic heterocycles. The minimum absolute atomic E-state index is 0.0836. The highest BCUT2D eigenvalue weighted by Gasteiger charge is 2.21. The summed E-state index contributed by atoms with van der Waals surface area (Å²) in [6.45, 7) is 8.55. The van der Waals surface area contributed by atoms with Crippen LogP contribution in [0.2, 0.25) is 5.15 Å². The van der Waals surface area contributed by atoms with Crippen LogP contribution in [0.15, 0.2) is 24.3 Å². The molecule has 0 aliphatic heterocycles. The van der Waals surface area contributed by atoms with Gasteiger partial charge in [-0.25, -0.2) is 0 Å². The van der Waals surface area contributed by atoms with Gasteiger partial charge in [-0.3, -0.25) is 0 Å². The number of hydrogen-bond acceptors (Lipinski definition) is 4. The highest BCUT2D eigenvalue weighted by Crippen LogP contribution is 2.34. The molecule has 0 fully saturated rings. The van der Waals surface area contributed by atoms with E-state index < -0.39 is 0 Å². The minimum atomic E-state index is -0.0836. The molecule has 0 amide bonds. The Hall–Kier alpha value is -2.12. The number of aromatic nitrogens is 2. The lowest BCUT2D eigenvalue weighted by molar-refractivity contribution is 0.291. The fourth-order valence-electron chi connectivity index (χ4n) is 2.09. The van der Waals surface area contributed by atoms with Gasteiger partial charge in [0.1, 0.15) is 18.1 Å². The zero-order valence-electron chi connectivity index (χ0n) is 13.1. The van der Waals surface area contributed by atoms with Crippen molar-refractivity contribution in [3.8, 4) is 11.8 Å². The summed E-state index contributed by atoms with van der Waals surface area (Å²) in [7, 11) is 0. The van der Waals surface area contributed by atoms with Crippen molar-refractivity contribution in [2.45, 2.75) is 39.7 Å². The molecule has 0 spiro atoms. The first-order chi connectivity index (χ1) is 10.3. The Morgan fingerprint density at radius 3 is 2.50 bits per heavy atom. The van der Waals surface area contributed by atoms with Crippen molar-refractivity contribution in [3.63, 3.8) is 0 Å². The average molecular weight is 316 g/mol. The minimum Gasteiger partial charge on any atom is -0.487 e. The van der Waals surface area contributed by atoms with Crippen LogP contribution >= 0.6 is 11.6 Å². The SMILES string of the molecule is Cc1cc(C(C)(C)C)c(OCc2ccc(Cl)nn2)cc1C#N. The van der Waals surface area contributed by atoms with Gasteiger partial charge in [-0.1, -0.05) is 38.4 Å². The number of nitriles is 1. The zero-order valence-corrected chi connectivity index (χ0v) is 13.9. The lowest BCUT2D eigenvalue weighted by Crippen LogP contribution is -2.14. The maximum atomic E-state index is 9.21. The first-order valence-electron chi connectivity index (χ1n) is 6.97. The van der Waals surface area contributed by atoms with Crippen molar-refractivity contribution in [3.05, 3.63) is 51.8 Å². The van der Waals surface area contributed by atoms with E-state index in [2.05, 4.69) is 37.0 Å². The average Bonchev–Trinajstić information content (AvgIpc) is 2.46.